The van der Waals surface area contributed by atoms with Crippen molar-refractivity contribution in [2.24, 2.45) is 0 Å². The SMILES string of the molecule is O=C(Nc1cc(Br)c[nH]c1=O)c1ccccc1. The first-order chi connectivity index (χ1) is 8.16. The van der Waals surface area contributed by atoms with Crippen LogP contribution in [0.15, 0.2) is 51.9 Å². The van der Waals surface area contributed by atoms with Gasteiger partial charge in [-0.15, -0.1) is 0 Å². The summed E-state index contributed by atoms with van der Waals surface area (Å²) in [6, 6.07) is 10.3. The zero-order chi connectivity index (χ0) is 12.3. The predicted octanol–water partition coefficient (Wildman–Crippen LogP) is 2.39. The number of rotatable bonds is 2. The van der Waals surface area contributed by atoms with Gasteiger partial charge < -0.3 is 10.3 Å². The van der Waals surface area contributed by atoms with Gasteiger partial charge in [0.1, 0.15) is 5.69 Å². The minimum Gasteiger partial charge on any atom is -0.326 e. The van der Waals surface area contributed by atoms with Crippen molar-refractivity contribution in [2.75, 3.05) is 5.32 Å². The Morgan fingerprint density at radius 2 is 1.94 bits per heavy atom. The molecule has 0 radical (unpaired) electrons. The summed E-state index contributed by atoms with van der Waals surface area (Å²) in [6.07, 6.45) is 1.51. The highest BCUT2D eigenvalue weighted by Gasteiger charge is 2.07. The van der Waals surface area contributed by atoms with Gasteiger partial charge in [-0.1, -0.05) is 18.2 Å². The van der Waals surface area contributed by atoms with Crippen molar-refractivity contribution >= 4 is 27.5 Å². The molecule has 2 aromatic rings. The van der Waals surface area contributed by atoms with Crippen molar-refractivity contribution in [3.8, 4) is 0 Å². The van der Waals surface area contributed by atoms with Crippen LogP contribution in [0.2, 0.25) is 0 Å². The molecular weight excluding hydrogens is 284 g/mol. The van der Waals surface area contributed by atoms with Crippen molar-refractivity contribution in [3.63, 3.8) is 0 Å². The lowest BCUT2D eigenvalue weighted by molar-refractivity contribution is 0.102. The lowest BCUT2D eigenvalue weighted by atomic mass is 10.2. The molecule has 2 rings (SSSR count). The molecule has 1 aromatic heterocycles. The average Bonchev–Trinajstić information content (AvgIpc) is 2.35. The standard InChI is InChI=1S/C12H9BrN2O2/c13-9-6-10(12(17)14-7-9)15-11(16)8-4-2-1-3-5-8/h1-7H,(H,14,17)(H,15,16). The Hall–Kier alpha value is -1.88. The number of hydrogen-bond acceptors (Lipinski definition) is 2. The van der Waals surface area contributed by atoms with Crippen LogP contribution in [0.5, 0.6) is 0 Å². The maximum absolute atomic E-state index is 11.8. The third kappa shape index (κ3) is 2.82. The van der Waals surface area contributed by atoms with Crippen LogP contribution in [-0.4, -0.2) is 10.9 Å². The second-order valence-corrected chi connectivity index (χ2v) is 4.30. The van der Waals surface area contributed by atoms with Gasteiger partial charge in [-0.3, -0.25) is 9.59 Å². The molecule has 2 N–H and O–H groups in total. The zero-order valence-corrected chi connectivity index (χ0v) is 10.3. The molecule has 0 spiro atoms. The fourth-order valence-corrected chi connectivity index (χ4v) is 1.68. The maximum Gasteiger partial charge on any atom is 0.271 e. The maximum atomic E-state index is 11.8. The van der Waals surface area contributed by atoms with Gasteiger partial charge in [0, 0.05) is 16.2 Å². The van der Waals surface area contributed by atoms with Crippen molar-refractivity contribution in [3.05, 3.63) is 63.0 Å². The van der Waals surface area contributed by atoms with Crippen LogP contribution in [0.25, 0.3) is 0 Å². The Balaban J connectivity index is 2.25. The first-order valence-corrected chi connectivity index (χ1v) is 5.71. The summed E-state index contributed by atoms with van der Waals surface area (Å²) in [4.78, 5) is 25.8. The Morgan fingerprint density at radius 1 is 1.24 bits per heavy atom. The largest absolute Gasteiger partial charge is 0.326 e. The summed E-state index contributed by atoms with van der Waals surface area (Å²) in [6.45, 7) is 0. The molecule has 0 atom stereocenters. The Labute approximate surface area is 106 Å². The number of anilines is 1. The molecule has 0 aliphatic heterocycles. The average molecular weight is 293 g/mol. The van der Waals surface area contributed by atoms with E-state index < -0.39 is 0 Å². The highest BCUT2D eigenvalue weighted by atomic mass is 79.9. The number of carbonyl (C=O) groups is 1. The van der Waals surface area contributed by atoms with E-state index in [1.807, 2.05) is 6.07 Å². The second-order valence-electron chi connectivity index (χ2n) is 3.38. The molecule has 0 fully saturated rings. The molecule has 1 amide bonds. The Bertz CT molecular complexity index is 593. The minimum absolute atomic E-state index is 0.216. The summed E-state index contributed by atoms with van der Waals surface area (Å²) in [5.41, 5.74) is 0.387. The number of amides is 1. The van der Waals surface area contributed by atoms with Crippen LogP contribution in [-0.2, 0) is 0 Å². The Kier molecular flexibility index (Phi) is 3.39. The molecule has 86 valence electrons. The number of carbonyl (C=O) groups excluding carboxylic acids is 1. The fraction of sp³-hybridized carbons (Fsp3) is 0. The summed E-state index contributed by atoms with van der Waals surface area (Å²) >= 11 is 3.22. The number of benzene rings is 1. The van der Waals surface area contributed by atoms with Crippen LogP contribution in [0.1, 0.15) is 10.4 Å². The van der Waals surface area contributed by atoms with Crippen LogP contribution in [0, 0.1) is 0 Å². The molecule has 4 nitrogen and oxygen atoms in total. The van der Waals surface area contributed by atoms with E-state index >= 15 is 0 Å². The quantitative estimate of drug-likeness (QED) is 0.893. The third-order valence-electron chi connectivity index (χ3n) is 2.15. The van der Waals surface area contributed by atoms with Crippen LogP contribution >= 0.6 is 15.9 Å². The molecule has 5 heteroatoms. The molecule has 1 aromatic carbocycles. The van der Waals surface area contributed by atoms with E-state index in [9.17, 15) is 9.59 Å². The third-order valence-corrected chi connectivity index (χ3v) is 2.61. The summed E-state index contributed by atoms with van der Waals surface area (Å²) < 4.78 is 0.695. The number of H-pyrrole nitrogens is 1. The predicted molar refractivity (Wildman–Crippen MR) is 69.2 cm³/mol. The van der Waals surface area contributed by atoms with E-state index in [2.05, 4.69) is 26.2 Å². The van der Waals surface area contributed by atoms with E-state index in [4.69, 9.17) is 0 Å². The highest BCUT2D eigenvalue weighted by Crippen LogP contribution is 2.11. The molecule has 0 saturated carbocycles. The number of pyridine rings is 1. The topological polar surface area (TPSA) is 62.0 Å². The van der Waals surface area contributed by atoms with Gasteiger partial charge in [0.2, 0.25) is 0 Å². The first-order valence-electron chi connectivity index (χ1n) is 4.91. The summed E-state index contributed by atoms with van der Waals surface area (Å²) in [5, 5.41) is 2.55. The summed E-state index contributed by atoms with van der Waals surface area (Å²) in [5.74, 6) is -0.311. The van der Waals surface area contributed by atoms with Gasteiger partial charge in [-0.25, -0.2) is 0 Å². The molecule has 1 heterocycles. The first kappa shape index (κ1) is 11.6. The molecule has 17 heavy (non-hydrogen) atoms. The normalized spacial score (nSPS) is 9.94. The van der Waals surface area contributed by atoms with Crippen LogP contribution in [0.4, 0.5) is 5.69 Å². The molecule has 0 unspecified atom stereocenters. The minimum atomic E-state index is -0.336. The number of hydrogen-bond donors (Lipinski definition) is 2. The summed E-state index contributed by atoms with van der Waals surface area (Å²) in [7, 11) is 0. The van der Waals surface area contributed by atoms with Gasteiger partial charge in [-0.2, -0.15) is 0 Å². The molecule has 0 bridgehead atoms. The molecule has 0 aliphatic rings. The van der Waals surface area contributed by atoms with Gasteiger partial charge in [0.05, 0.1) is 0 Å². The lowest BCUT2D eigenvalue weighted by Crippen LogP contribution is -2.19. The van der Waals surface area contributed by atoms with Crippen LogP contribution in [0.3, 0.4) is 0 Å². The van der Waals surface area contributed by atoms with E-state index in [1.165, 1.54) is 6.20 Å². The zero-order valence-electron chi connectivity index (χ0n) is 8.74. The Morgan fingerprint density at radius 3 is 2.65 bits per heavy atom. The van der Waals surface area contributed by atoms with Crippen molar-refractivity contribution in [1.29, 1.82) is 0 Å². The van der Waals surface area contributed by atoms with E-state index in [0.717, 1.165) is 0 Å². The molecule has 0 saturated heterocycles. The number of halogens is 1. The van der Waals surface area contributed by atoms with Gasteiger partial charge >= 0.3 is 0 Å². The lowest BCUT2D eigenvalue weighted by Gasteiger charge is -2.04. The van der Waals surface area contributed by atoms with Crippen molar-refractivity contribution in [2.45, 2.75) is 0 Å². The van der Waals surface area contributed by atoms with E-state index in [0.29, 0.717) is 10.0 Å². The van der Waals surface area contributed by atoms with E-state index in [-0.39, 0.29) is 17.2 Å². The van der Waals surface area contributed by atoms with Crippen molar-refractivity contribution in [1.82, 2.24) is 4.98 Å². The van der Waals surface area contributed by atoms with Crippen LogP contribution < -0.4 is 10.9 Å². The number of nitrogens with one attached hydrogen (secondary N) is 2. The second kappa shape index (κ2) is 4.97. The van der Waals surface area contributed by atoms with Gasteiger partial charge in [0.25, 0.3) is 11.5 Å². The number of aromatic nitrogens is 1. The molecular formula is C12H9BrN2O2. The number of aromatic amines is 1. The monoisotopic (exact) mass is 292 g/mol. The molecule has 0 aliphatic carbocycles. The van der Waals surface area contributed by atoms with Gasteiger partial charge in [-0.05, 0) is 34.1 Å². The van der Waals surface area contributed by atoms with Gasteiger partial charge in [0.15, 0.2) is 0 Å². The fourth-order valence-electron chi connectivity index (χ4n) is 1.33. The smallest absolute Gasteiger partial charge is 0.271 e. The van der Waals surface area contributed by atoms with E-state index in [1.54, 1.807) is 30.3 Å². The van der Waals surface area contributed by atoms with Crippen molar-refractivity contribution < 1.29 is 4.79 Å². The highest BCUT2D eigenvalue weighted by molar-refractivity contribution is 9.10.